The van der Waals surface area contributed by atoms with Gasteiger partial charge in [0.15, 0.2) is 5.82 Å². The van der Waals surface area contributed by atoms with Gasteiger partial charge in [0.25, 0.3) is 0 Å². The number of piperazine rings is 1. The Morgan fingerprint density at radius 3 is 2.83 bits per heavy atom. The monoisotopic (exact) mass is 627 g/mol. The SMILES string of the molecule is CCc1c(F)ccc2cccc(-c3cc4c5c(nc(OC[C@@]67CCCN6C[C@H](F)C7)nc5c3F)N3C[C@H]5CC[C@H](N5)[C@@H]3[C@@H](C)C4)c12. The van der Waals surface area contributed by atoms with Crippen molar-refractivity contribution in [2.45, 2.75) is 88.6 Å². The van der Waals surface area contributed by atoms with Gasteiger partial charge in [-0.1, -0.05) is 38.1 Å². The standard InChI is InChI=1S/C37H40F3N5O/c1-3-25-28(39)10-8-21-6-4-7-26(30(21)25)27-15-22-14-20(2)34-29-11-9-24(41-29)18-45(34)35-31(22)33(32(27)40)42-36(43-35)46-19-37-12-5-13-44(37)17-23(38)16-37/h4,6-8,10,15,20,23-24,29,34,41H,3,5,9,11-14,16-19H2,1-2H3/t20-,23+,24+,29-,34-,37-/m0/s1. The number of aromatic nitrogens is 2. The van der Waals surface area contributed by atoms with Crippen LogP contribution in [-0.4, -0.2) is 70.9 Å². The first-order chi connectivity index (χ1) is 22.3. The molecule has 0 aliphatic carbocycles. The number of fused-ring (bicyclic) bond motifs is 7. The molecule has 9 rings (SSSR count). The van der Waals surface area contributed by atoms with Gasteiger partial charge in [0, 0.05) is 48.6 Å². The molecule has 4 saturated heterocycles. The summed E-state index contributed by atoms with van der Waals surface area (Å²) < 4.78 is 53.3. The first-order valence-electron chi connectivity index (χ1n) is 17.1. The van der Waals surface area contributed by atoms with E-state index in [1.165, 1.54) is 6.07 Å². The zero-order chi connectivity index (χ0) is 31.3. The van der Waals surface area contributed by atoms with Gasteiger partial charge >= 0.3 is 6.01 Å². The van der Waals surface area contributed by atoms with Crippen molar-refractivity contribution in [3.63, 3.8) is 0 Å². The molecule has 5 aliphatic heterocycles. The van der Waals surface area contributed by atoms with Crippen molar-refractivity contribution in [2.75, 3.05) is 31.1 Å². The van der Waals surface area contributed by atoms with E-state index in [2.05, 4.69) is 22.0 Å². The molecule has 0 saturated carbocycles. The van der Waals surface area contributed by atoms with Crippen LogP contribution < -0.4 is 15.0 Å². The van der Waals surface area contributed by atoms with Gasteiger partial charge in [0.2, 0.25) is 0 Å². The lowest BCUT2D eigenvalue weighted by molar-refractivity contribution is 0.107. The van der Waals surface area contributed by atoms with Crippen molar-refractivity contribution in [2.24, 2.45) is 5.92 Å². The number of hydrogen-bond acceptors (Lipinski definition) is 6. The third kappa shape index (κ3) is 4.23. The number of rotatable bonds is 5. The van der Waals surface area contributed by atoms with Gasteiger partial charge in [-0.2, -0.15) is 9.97 Å². The van der Waals surface area contributed by atoms with E-state index in [9.17, 15) is 4.39 Å². The Hall–Kier alpha value is -3.43. The van der Waals surface area contributed by atoms with Gasteiger partial charge in [-0.3, -0.25) is 4.90 Å². The molecule has 4 fully saturated rings. The highest BCUT2D eigenvalue weighted by molar-refractivity contribution is 6.03. The second-order valence-electron chi connectivity index (χ2n) is 14.5. The summed E-state index contributed by atoms with van der Waals surface area (Å²) in [5, 5.41) is 6.20. The van der Waals surface area contributed by atoms with Crippen LogP contribution in [0.25, 0.3) is 32.8 Å². The average molecular weight is 628 g/mol. The molecule has 4 aromatic rings. The fraction of sp³-hybridized carbons (Fsp3) is 0.514. The minimum atomic E-state index is -0.870. The first-order valence-corrected chi connectivity index (χ1v) is 17.1. The van der Waals surface area contributed by atoms with Gasteiger partial charge in [-0.15, -0.1) is 0 Å². The second kappa shape index (κ2) is 10.5. The first kappa shape index (κ1) is 28.8. The zero-order valence-electron chi connectivity index (χ0n) is 26.5. The molecule has 3 aromatic carbocycles. The van der Waals surface area contributed by atoms with E-state index in [-0.39, 0.29) is 41.4 Å². The number of anilines is 1. The number of benzene rings is 3. The maximum absolute atomic E-state index is 17.2. The fourth-order valence-electron chi connectivity index (χ4n) is 9.84. The quantitative estimate of drug-likeness (QED) is 0.264. The lowest BCUT2D eigenvalue weighted by Gasteiger charge is -2.43. The topological polar surface area (TPSA) is 53.5 Å². The van der Waals surface area contributed by atoms with E-state index in [1.54, 1.807) is 6.07 Å². The summed E-state index contributed by atoms with van der Waals surface area (Å²) in [7, 11) is 0. The lowest BCUT2D eigenvalue weighted by atomic mass is 9.86. The number of aryl methyl sites for hydroxylation is 1. The second-order valence-corrected chi connectivity index (χ2v) is 14.5. The molecule has 0 amide bonds. The molecule has 6 atom stereocenters. The summed E-state index contributed by atoms with van der Waals surface area (Å²) in [5.74, 6) is 0.291. The van der Waals surface area contributed by atoms with E-state index in [1.807, 2.05) is 31.2 Å². The maximum Gasteiger partial charge on any atom is 0.319 e. The smallest absolute Gasteiger partial charge is 0.319 e. The molecule has 0 radical (unpaired) electrons. The molecule has 240 valence electrons. The minimum Gasteiger partial charge on any atom is -0.461 e. The van der Waals surface area contributed by atoms with Crippen molar-refractivity contribution < 1.29 is 17.9 Å². The fourth-order valence-corrected chi connectivity index (χ4v) is 9.84. The number of nitrogens with zero attached hydrogens (tertiary/aromatic N) is 4. The van der Waals surface area contributed by atoms with Gasteiger partial charge < -0.3 is 15.0 Å². The van der Waals surface area contributed by atoms with E-state index >= 15 is 8.78 Å². The van der Waals surface area contributed by atoms with Crippen LogP contribution in [0.2, 0.25) is 0 Å². The molecular weight excluding hydrogens is 587 g/mol. The van der Waals surface area contributed by atoms with Gasteiger partial charge in [0.1, 0.15) is 29.9 Å². The zero-order valence-corrected chi connectivity index (χ0v) is 26.5. The normalized spacial score (nSPS) is 30.2. The predicted molar refractivity (Wildman–Crippen MR) is 174 cm³/mol. The van der Waals surface area contributed by atoms with Crippen LogP contribution in [0.3, 0.4) is 0 Å². The summed E-state index contributed by atoms with van der Waals surface area (Å²) in [6.45, 7) is 6.59. The molecule has 6 heterocycles. The summed E-state index contributed by atoms with van der Waals surface area (Å²) >= 11 is 0. The highest BCUT2D eigenvalue weighted by Crippen LogP contribution is 2.46. The molecule has 1 N–H and O–H groups in total. The van der Waals surface area contributed by atoms with Crippen molar-refractivity contribution in [3.8, 4) is 17.1 Å². The molecular formula is C37H40F3N5O. The van der Waals surface area contributed by atoms with Gasteiger partial charge in [-0.25, -0.2) is 13.2 Å². The molecule has 5 aliphatic rings. The van der Waals surface area contributed by atoms with Crippen LogP contribution in [0.5, 0.6) is 6.01 Å². The van der Waals surface area contributed by atoms with Gasteiger partial charge in [-0.05, 0) is 90.6 Å². The summed E-state index contributed by atoms with van der Waals surface area (Å²) in [4.78, 5) is 14.5. The number of hydrogen-bond donors (Lipinski definition) is 1. The molecule has 6 nitrogen and oxygen atoms in total. The molecule has 46 heavy (non-hydrogen) atoms. The van der Waals surface area contributed by atoms with Crippen LogP contribution in [0.4, 0.5) is 19.0 Å². The summed E-state index contributed by atoms with van der Waals surface area (Å²) in [6.07, 6.45) is 4.91. The minimum absolute atomic E-state index is 0.144. The van der Waals surface area contributed by atoms with Crippen LogP contribution in [0.15, 0.2) is 36.4 Å². The van der Waals surface area contributed by atoms with Crippen LogP contribution in [0, 0.1) is 17.6 Å². The predicted octanol–water partition coefficient (Wildman–Crippen LogP) is 6.75. The molecule has 0 spiro atoms. The summed E-state index contributed by atoms with van der Waals surface area (Å²) in [6, 6.07) is 12.0. The van der Waals surface area contributed by atoms with Crippen molar-refractivity contribution in [3.05, 3.63) is 59.2 Å². The molecule has 9 heteroatoms. The number of ether oxygens (including phenoxy) is 1. The Kier molecular flexibility index (Phi) is 6.59. The van der Waals surface area contributed by atoms with Crippen LogP contribution in [0.1, 0.15) is 57.1 Å². The lowest BCUT2D eigenvalue weighted by Crippen LogP contribution is -2.60. The molecule has 1 aromatic heterocycles. The Morgan fingerprint density at radius 2 is 1.96 bits per heavy atom. The van der Waals surface area contributed by atoms with Gasteiger partial charge in [0.05, 0.1) is 5.54 Å². The summed E-state index contributed by atoms with van der Waals surface area (Å²) in [5.41, 5.74) is 2.56. The molecule has 2 bridgehead atoms. The Balaban J connectivity index is 1.25. The van der Waals surface area contributed by atoms with Crippen molar-refractivity contribution >= 4 is 27.5 Å². The van der Waals surface area contributed by atoms with E-state index in [4.69, 9.17) is 14.7 Å². The maximum atomic E-state index is 17.2. The number of nitrogens with one attached hydrogen (secondary N) is 1. The largest absolute Gasteiger partial charge is 0.461 e. The van der Waals surface area contributed by atoms with E-state index in [0.29, 0.717) is 48.2 Å². The van der Waals surface area contributed by atoms with Crippen LogP contribution in [-0.2, 0) is 12.8 Å². The van der Waals surface area contributed by atoms with E-state index in [0.717, 1.165) is 72.7 Å². The Bertz CT molecular complexity index is 1880. The average Bonchev–Trinajstić information content (AvgIpc) is 3.69. The third-order valence-electron chi connectivity index (χ3n) is 11.8. The number of halogens is 3. The Labute approximate surface area is 267 Å². The van der Waals surface area contributed by atoms with Crippen molar-refractivity contribution in [1.29, 1.82) is 0 Å². The number of alkyl halides is 1. The molecule has 0 unspecified atom stereocenters. The highest BCUT2D eigenvalue weighted by Gasteiger charge is 2.50. The van der Waals surface area contributed by atoms with Crippen LogP contribution >= 0.6 is 0 Å². The van der Waals surface area contributed by atoms with E-state index < -0.39 is 12.0 Å². The van der Waals surface area contributed by atoms with Crippen molar-refractivity contribution in [1.82, 2.24) is 20.2 Å². The Morgan fingerprint density at radius 1 is 1.07 bits per heavy atom. The highest BCUT2D eigenvalue weighted by atomic mass is 19.1. The third-order valence-corrected chi connectivity index (χ3v) is 11.8.